The summed E-state index contributed by atoms with van der Waals surface area (Å²) in [6.07, 6.45) is 6.67. The zero-order valence-corrected chi connectivity index (χ0v) is 22.0. The summed E-state index contributed by atoms with van der Waals surface area (Å²) in [5.74, 6) is 0.235. The van der Waals surface area contributed by atoms with Crippen LogP contribution in [0.4, 0.5) is 11.7 Å². The summed E-state index contributed by atoms with van der Waals surface area (Å²) in [5.41, 5.74) is 3.36. The van der Waals surface area contributed by atoms with Crippen molar-refractivity contribution in [2.45, 2.75) is 70.2 Å². The zero-order valence-electron chi connectivity index (χ0n) is 21.0. The van der Waals surface area contributed by atoms with E-state index >= 15 is 0 Å². The number of anilines is 2. The maximum absolute atomic E-state index is 13.0. The van der Waals surface area contributed by atoms with Gasteiger partial charge in [-0.15, -0.1) is 0 Å². The molecule has 2 aliphatic rings. The van der Waals surface area contributed by atoms with Crippen molar-refractivity contribution >= 4 is 36.8 Å². The molecule has 0 bridgehead atoms. The van der Waals surface area contributed by atoms with Gasteiger partial charge >= 0.3 is 0 Å². The maximum Gasteiger partial charge on any atom is 0.298 e. The number of carbonyl (C=O) groups excluding carboxylic acids is 1. The maximum atomic E-state index is 13.0. The Kier molecular flexibility index (Phi) is 5.59. The molecule has 1 aliphatic carbocycles. The number of benzene rings is 1. The van der Waals surface area contributed by atoms with Gasteiger partial charge in [-0.1, -0.05) is 20.8 Å². The van der Waals surface area contributed by atoms with Crippen molar-refractivity contribution in [3.8, 4) is 0 Å². The second kappa shape index (κ2) is 8.23. The van der Waals surface area contributed by atoms with Crippen LogP contribution in [0.1, 0.15) is 62.0 Å². The highest BCUT2D eigenvalue weighted by Gasteiger charge is 2.41. The molecule has 3 aromatic rings. The molecule has 34 heavy (non-hydrogen) atoms. The van der Waals surface area contributed by atoms with Gasteiger partial charge in [0.25, 0.3) is 11.9 Å². The smallest absolute Gasteiger partial charge is 0.298 e. The van der Waals surface area contributed by atoms with Crippen molar-refractivity contribution in [3.05, 3.63) is 35.9 Å². The third-order valence-electron chi connectivity index (χ3n) is 7.59. The highest BCUT2D eigenvalue weighted by molar-refractivity contribution is 6.74. The molecule has 182 valence electrons. The van der Waals surface area contributed by atoms with Gasteiger partial charge in [-0.3, -0.25) is 9.48 Å². The molecule has 3 heterocycles. The lowest BCUT2D eigenvalue weighted by Gasteiger charge is -2.38. The van der Waals surface area contributed by atoms with E-state index in [0.717, 1.165) is 48.9 Å². The summed E-state index contributed by atoms with van der Waals surface area (Å²) in [5, 5.41) is 8.60. The number of carbonyl (C=O) groups is 1. The van der Waals surface area contributed by atoms with Gasteiger partial charge in [-0.05, 0) is 61.0 Å². The number of amides is 1. The largest absolute Gasteiger partial charge is 0.431 e. The van der Waals surface area contributed by atoms with Gasteiger partial charge in [0.2, 0.25) is 0 Å². The SMILES string of the molecule is Cn1ncc2cc(NC(=O)c3coc(N4CCC(O[Si](C)(C)C(C)(C)C)C4)n3)c(C3CC3)cc21. The van der Waals surface area contributed by atoms with Gasteiger partial charge in [0, 0.05) is 31.2 Å². The van der Waals surface area contributed by atoms with E-state index in [1.54, 1.807) is 0 Å². The van der Waals surface area contributed by atoms with Gasteiger partial charge in [-0.2, -0.15) is 10.1 Å². The van der Waals surface area contributed by atoms with Gasteiger partial charge < -0.3 is 19.1 Å². The number of nitrogens with one attached hydrogen (secondary N) is 1. The Morgan fingerprint density at radius 2 is 2.00 bits per heavy atom. The molecule has 1 aliphatic heterocycles. The van der Waals surface area contributed by atoms with Crippen LogP contribution in [0.25, 0.3) is 10.9 Å². The third kappa shape index (κ3) is 4.38. The van der Waals surface area contributed by atoms with E-state index in [1.165, 1.54) is 11.8 Å². The molecule has 1 unspecified atom stereocenters. The molecule has 9 heteroatoms. The molecule has 1 N–H and O–H groups in total. The van der Waals surface area contributed by atoms with Gasteiger partial charge in [0.15, 0.2) is 14.0 Å². The van der Waals surface area contributed by atoms with Crippen LogP contribution < -0.4 is 10.2 Å². The van der Waals surface area contributed by atoms with Crippen LogP contribution in [0.2, 0.25) is 18.1 Å². The van der Waals surface area contributed by atoms with E-state index in [9.17, 15) is 4.79 Å². The molecule has 1 saturated heterocycles. The molecule has 1 atom stereocenters. The number of aromatic nitrogens is 3. The first kappa shape index (κ1) is 23.1. The molecule has 1 aromatic carbocycles. The number of rotatable bonds is 6. The van der Waals surface area contributed by atoms with E-state index in [2.05, 4.69) is 60.2 Å². The molecular formula is C25H35N5O3Si. The Balaban J connectivity index is 1.28. The van der Waals surface area contributed by atoms with Crippen LogP contribution in [0.5, 0.6) is 0 Å². The number of aryl methyl sites for hydroxylation is 1. The highest BCUT2D eigenvalue weighted by atomic mass is 28.4. The topological polar surface area (TPSA) is 85.4 Å². The average Bonchev–Trinajstić information content (AvgIpc) is 3.14. The second-order valence-corrected chi connectivity index (χ2v) is 16.0. The first-order valence-corrected chi connectivity index (χ1v) is 15.1. The third-order valence-corrected chi connectivity index (χ3v) is 12.1. The van der Waals surface area contributed by atoms with Gasteiger partial charge in [0.1, 0.15) is 6.26 Å². The minimum absolute atomic E-state index is 0.164. The van der Waals surface area contributed by atoms with Crippen molar-refractivity contribution in [2.75, 3.05) is 23.3 Å². The Labute approximate surface area is 201 Å². The van der Waals surface area contributed by atoms with Crippen LogP contribution >= 0.6 is 0 Å². The van der Waals surface area contributed by atoms with Crippen LogP contribution in [0.3, 0.4) is 0 Å². The molecule has 1 amide bonds. The lowest BCUT2D eigenvalue weighted by atomic mass is 10.1. The Morgan fingerprint density at radius 3 is 2.71 bits per heavy atom. The summed E-state index contributed by atoms with van der Waals surface area (Å²) in [6.45, 7) is 12.9. The van der Waals surface area contributed by atoms with Crippen LogP contribution in [-0.4, -0.2) is 48.2 Å². The average molecular weight is 482 g/mol. The Morgan fingerprint density at radius 1 is 1.24 bits per heavy atom. The number of hydrogen-bond acceptors (Lipinski definition) is 6. The molecule has 5 rings (SSSR count). The van der Waals surface area contributed by atoms with Crippen molar-refractivity contribution in [3.63, 3.8) is 0 Å². The van der Waals surface area contributed by atoms with Crippen LogP contribution in [-0.2, 0) is 11.5 Å². The van der Waals surface area contributed by atoms with Gasteiger partial charge in [-0.25, -0.2) is 0 Å². The second-order valence-electron chi connectivity index (χ2n) is 11.2. The molecule has 1 saturated carbocycles. The normalized spacial score (nSPS) is 19.2. The lowest BCUT2D eigenvalue weighted by Crippen LogP contribution is -2.44. The fourth-order valence-electron chi connectivity index (χ4n) is 4.35. The summed E-state index contributed by atoms with van der Waals surface area (Å²) < 4.78 is 14.2. The van der Waals surface area contributed by atoms with Crippen molar-refractivity contribution in [1.29, 1.82) is 0 Å². The molecule has 8 nitrogen and oxygen atoms in total. The number of nitrogens with zero attached hydrogens (tertiary/aromatic N) is 4. The van der Waals surface area contributed by atoms with E-state index in [1.807, 2.05) is 24.0 Å². The van der Waals surface area contributed by atoms with E-state index < -0.39 is 8.32 Å². The zero-order chi connectivity index (χ0) is 24.3. The standard InChI is InChI=1S/C25H35N5O3Si/c1-25(2,3)34(5,6)33-18-9-10-30(14-18)24-28-21(15-32-24)23(31)27-20-11-17-13-26-29(4)22(17)12-19(20)16-7-8-16/h11-13,15-16,18H,7-10,14H2,1-6H3,(H,27,31). The summed E-state index contributed by atoms with van der Waals surface area (Å²) in [4.78, 5) is 19.6. The summed E-state index contributed by atoms with van der Waals surface area (Å²) in [6, 6.07) is 4.64. The molecular weight excluding hydrogens is 446 g/mol. The monoisotopic (exact) mass is 481 g/mol. The quantitative estimate of drug-likeness (QED) is 0.482. The summed E-state index contributed by atoms with van der Waals surface area (Å²) >= 11 is 0. The van der Waals surface area contributed by atoms with Crippen molar-refractivity contribution in [1.82, 2.24) is 14.8 Å². The minimum atomic E-state index is -1.83. The highest BCUT2D eigenvalue weighted by Crippen LogP contribution is 2.45. The predicted octanol–water partition coefficient (Wildman–Crippen LogP) is 5.29. The fraction of sp³-hybridized carbons (Fsp3) is 0.560. The Bertz CT molecular complexity index is 1220. The van der Waals surface area contributed by atoms with E-state index in [-0.39, 0.29) is 22.7 Å². The summed E-state index contributed by atoms with van der Waals surface area (Å²) in [7, 11) is 0.107. The van der Waals surface area contributed by atoms with Gasteiger partial charge in [0.05, 0.1) is 17.8 Å². The van der Waals surface area contributed by atoms with Crippen LogP contribution in [0.15, 0.2) is 29.0 Å². The van der Waals surface area contributed by atoms with Crippen LogP contribution in [0, 0.1) is 0 Å². The fourth-order valence-corrected chi connectivity index (χ4v) is 5.73. The molecule has 2 fully saturated rings. The first-order valence-electron chi connectivity index (χ1n) is 12.2. The number of oxazole rings is 1. The predicted molar refractivity (Wildman–Crippen MR) is 136 cm³/mol. The minimum Gasteiger partial charge on any atom is -0.431 e. The first-order chi connectivity index (χ1) is 16.0. The van der Waals surface area contributed by atoms with E-state index in [0.29, 0.717) is 11.9 Å². The molecule has 0 radical (unpaired) electrons. The van der Waals surface area contributed by atoms with E-state index in [4.69, 9.17) is 8.84 Å². The number of hydrogen-bond donors (Lipinski definition) is 1. The van der Waals surface area contributed by atoms with Crippen molar-refractivity contribution in [2.24, 2.45) is 7.05 Å². The number of fused-ring (bicyclic) bond motifs is 1. The molecule has 2 aromatic heterocycles. The molecule has 0 spiro atoms. The Hall–Kier alpha value is -2.65. The van der Waals surface area contributed by atoms with Crippen molar-refractivity contribution < 1.29 is 13.6 Å². The lowest BCUT2D eigenvalue weighted by molar-refractivity contribution is 0.102.